The van der Waals surface area contributed by atoms with Crippen molar-refractivity contribution in [3.05, 3.63) is 69.9 Å². The molecule has 0 saturated carbocycles. The lowest BCUT2D eigenvalue weighted by molar-refractivity contribution is -0.141. The van der Waals surface area contributed by atoms with Crippen LogP contribution < -0.4 is 16.4 Å². The molecule has 3 rings (SSSR count). The molecule has 2 amide bonds. The van der Waals surface area contributed by atoms with Gasteiger partial charge in [-0.2, -0.15) is 18.3 Å². The molecule has 0 saturated heterocycles. The number of hydrazine groups is 1. The van der Waals surface area contributed by atoms with E-state index in [9.17, 15) is 27.6 Å². The van der Waals surface area contributed by atoms with Gasteiger partial charge in [-0.25, -0.2) is 4.68 Å². The van der Waals surface area contributed by atoms with Crippen molar-refractivity contribution in [2.24, 2.45) is 0 Å². The maximum absolute atomic E-state index is 12.7. The predicted octanol–water partition coefficient (Wildman–Crippen LogP) is 3.08. The van der Waals surface area contributed by atoms with Gasteiger partial charge < -0.3 is 0 Å². The normalized spacial score (nSPS) is 11.4. The molecule has 0 aliphatic heterocycles. The summed E-state index contributed by atoms with van der Waals surface area (Å²) in [6.07, 6.45) is -1.33. The number of pyridine rings is 1. The van der Waals surface area contributed by atoms with Gasteiger partial charge in [0.25, 0.3) is 17.4 Å². The molecule has 0 bridgehead atoms. The number of carbonyl (C=O) groups excluding carboxylic acids is 2. The Morgan fingerprint density at radius 2 is 1.69 bits per heavy atom. The van der Waals surface area contributed by atoms with Gasteiger partial charge in [-0.05, 0) is 24.6 Å². The number of fused-ring (bicyclic) bond motifs is 1. The Hall–Kier alpha value is -3.76. The van der Waals surface area contributed by atoms with Gasteiger partial charge in [-0.3, -0.25) is 30.2 Å². The van der Waals surface area contributed by atoms with Crippen LogP contribution in [0.2, 0.25) is 0 Å². The number of unbranched alkanes of at least 4 members (excludes halogenated alkanes) is 2. The van der Waals surface area contributed by atoms with Crippen LogP contribution in [0.3, 0.4) is 0 Å². The highest BCUT2D eigenvalue weighted by molar-refractivity contribution is 6.05. The summed E-state index contributed by atoms with van der Waals surface area (Å²) in [5.41, 5.74) is 2.59. The molecular formula is C21H20F3N5O3. The minimum atomic E-state index is -4.63. The second-order valence-corrected chi connectivity index (χ2v) is 6.97. The van der Waals surface area contributed by atoms with Crippen LogP contribution in [-0.4, -0.2) is 26.6 Å². The number of hydrogen-bond donors (Lipinski definition) is 2. The number of aromatic nitrogens is 3. The zero-order valence-corrected chi connectivity index (χ0v) is 17.1. The second kappa shape index (κ2) is 9.58. The zero-order chi connectivity index (χ0) is 23.3. The molecule has 3 aromatic rings. The Kier molecular flexibility index (Phi) is 6.86. The first-order valence-electron chi connectivity index (χ1n) is 9.86. The number of alkyl halides is 3. The highest BCUT2D eigenvalue weighted by Crippen LogP contribution is 2.27. The van der Waals surface area contributed by atoms with E-state index in [1.54, 1.807) is 24.3 Å². The number of rotatable bonds is 6. The first-order chi connectivity index (χ1) is 15.2. The number of benzene rings is 1. The average molecular weight is 447 g/mol. The summed E-state index contributed by atoms with van der Waals surface area (Å²) in [7, 11) is 0. The first kappa shape index (κ1) is 22.9. The summed E-state index contributed by atoms with van der Waals surface area (Å²) in [5, 5.41) is 4.78. The Labute approximate surface area is 180 Å². The number of hydrogen-bond acceptors (Lipinski definition) is 5. The quantitative estimate of drug-likeness (QED) is 0.446. The van der Waals surface area contributed by atoms with E-state index in [0.29, 0.717) is 29.8 Å². The van der Waals surface area contributed by atoms with E-state index in [1.807, 2.05) is 6.92 Å². The van der Waals surface area contributed by atoms with Gasteiger partial charge in [0.1, 0.15) is 5.69 Å². The number of aryl methyl sites for hydroxylation is 1. The SMILES string of the molecule is CCCCCn1nc(C(=O)NNC(=O)c2ccc(C(F)(F)F)nc2)c2ccccc2c1=O. The van der Waals surface area contributed by atoms with E-state index in [1.165, 1.54) is 4.68 Å². The topological polar surface area (TPSA) is 106 Å². The lowest BCUT2D eigenvalue weighted by atomic mass is 10.1. The van der Waals surface area contributed by atoms with Crippen molar-refractivity contribution in [1.82, 2.24) is 25.6 Å². The van der Waals surface area contributed by atoms with Gasteiger partial charge in [0.15, 0.2) is 5.69 Å². The van der Waals surface area contributed by atoms with E-state index in [0.717, 1.165) is 25.1 Å². The van der Waals surface area contributed by atoms with Crippen LogP contribution in [0, 0.1) is 0 Å². The largest absolute Gasteiger partial charge is 0.433 e. The third-order valence-corrected chi connectivity index (χ3v) is 4.66. The van der Waals surface area contributed by atoms with E-state index < -0.39 is 23.7 Å². The molecule has 8 nitrogen and oxygen atoms in total. The Balaban J connectivity index is 1.79. The minimum absolute atomic E-state index is 0.0671. The molecule has 32 heavy (non-hydrogen) atoms. The number of nitrogens with one attached hydrogen (secondary N) is 2. The summed E-state index contributed by atoms with van der Waals surface area (Å²) < 4.78 is 39.0. The van der Waals surface area contributed by atoms with Crippen molar-refractivity contribution in [2.45, 2.75) is 38.9 Å². The van der Waals surface area contributed by atoms with Crippen LogP contribution >= 0.6 is 0 Å². The zero-order valence-electron chi connectivity index (χ0n) is 17.1. The summed E-state index contributed by atoms with van der Waals surface area (Å²) in [4.78, 5) is 40.7. The lowest BCUT2D eigenvalue weighted by Gasteiger charge is -2.12. The van der Waals surface area contributed by atoms with E-state index in [4.69, 9.17) is 0 Å². The molecule has 2 aromatic heterocycles. The number of nitrogens with zero attached hydrogens (tertiary/aromatic N) is 3. The molecule has 2 N–H and O–H groups in total. The highest BCUT2D eigenvalue weighted by Gasteiger charge is 2.32. The molecule has 2 heterocycles. The third kappa shape index (κ3) is 5.10. The maximum atomic E-state index is 12.7. The fourth-order valence-corrected chi connectivity index (χ4v) is 3.01. The fraction of sp³-hybridized carbons (Fsp3) is 0.286. The molecule has 0 aliphatic rings. The molecule has 0 atom stereocenters. The Morgan fingerprint density at radius 1 is 1.00 bits per heavy atom. The van der Waals surface area contributed by atoms with Crippen molar-refractivity contribution >= 4 is 22.6 Å². The molecule has 0 aliphatic carbocycles. The molecule has 168 valence electrons. The van der Waals surface area contributed by atoms with Crippen molar-refractivity contribution in [3.8, 4) is 0 Å². The van der Waals surface area contributed by atoms with Crippen LogP contribution in [0.1, 0.15) is 52.7 Å². The molecule has 0 unspecified atom stereocenters. The van der Waals surface area contributed by atoms with Gasteiger partial charge in [0.05, 0.1) is 10.9 Å². The predicted molar refractivity (Wildman–Crippen MR) is 110 cm³/mol. The van der Waals surface area contributed by atoms with Crippen LogP contribution in [0.25, 0.3) is 10.8 Å². The molecular weight excluding hydrogens is 427 g/mol. The highest BCUT2D eigenvalue weighted by atomic mass is 19.4. The van der Waals surface area contributed by atoms with Crippen LogP contribution in [0.15, 0.2) is 47.4 Å². The van der Waals surface area contributed by atoms with Crippen molar-refractivity contribution in [2.75, 3.05) is 0 Å². The minimum Gasteiger partial charge on any atom is -0.267 e. The second-order valence-electron chi connectivity index (χ2n) is 6.97. The first-order valence-corrected chi connectivity index (χ1v) is 9.86. The van der Waals surface area contributed by atoms with Gasteiger partial charge >= 0.3 is 6.18 Å². The smallest absolute Gasteiger partial charge is 0.267 e. The number of halogens is 3. The maximum Gasteiger partial charge on any atom is 0.433 e. The molecule has 0 fully saturated rings. The van der Waals surface area contributed by atoms with E-state index >= 15 is 0 Å². The third-order valence-electron chi connectivity index (χ3n) is 4.66. The molecule has 0 spiro atoms. The van der Waals surface area contributed by atoms with E-state index in [2.05, 4.69) is 20.9 Å². The lowest BCUT2D eigenvalue weighted by Crippen LogP contribution is -2.43. The average Bonchev–Trinajstić information content (AvgIpc) is 2.78. The fourth-order valence-electron chi connectivity index (χ4n) is 3.01. The molecule has 11 heteroatoms. The molecule has 0 radical (unpaired) electrons. The Morgan fingerprint density at radius 3 is 2.31 bits per heavy atom. The van der Waals surface area contributed by atoms with Crippen molar-refractivity contribution < 1.29 is 22.8 Å². The summed E-state index contributed by atoms with van der Waals surface area (Å²) in [6, 6.07) is 8.07. The number of amides is 2. The van der Waals surface area contributed by atoms with Crippen LogP contribution in [0.5, 0.6) is 0 Å². The number of carbonyl (C=O) groups is 2. The van der Waals surface area contributed by atoms with Crippen molar-refractivity contribution in [1.29, 1.82) is 0 Å². The van der Waals surface area contributed by atoms with Crippen LogP contribution in [0.4, 0.5) is 13.2 Å². The monoisotopic (exact) mass is 447 g/mol. The van der Waals surface area contributed by atoms with Gasteiger partial charge in [0.2, 0.25) is 0 Å². The van der Waals surface area contributed by atoms with Crippen LogP contribution in [-0.2, 0) is 12.7 Å². The van der Waals surface area contributed by atoms with Gasteiger partial charge in [-0.15, -0.1) is 0 Å². The van der Waals surface area contributed by atoms with E-state index in [-0.39, 0.29) is 16.8 Å². The molecule has 1 aromatic carbocycles. The summed E-state index contributed by atoms with van der Waals surface area (Å²) >= 11 is 0. The Bertz CT molecular complexity index is 1190. The standard InChI is InChI=1S/C21H20F3N5O3/c1-2-3-6-11-29-20(32)15-8-5-4-7-14(15)17(28-29)19(31)27-26-18(30)13-9-10-16(25-12-13)21(22,23)24/h4-5,7-10,12H,2-3,6,11H2,1H3,(H,26,30)(H,27,31). The van der Waals surface area contributed by atoms with Gasteiger partial charge in [0, 0.05) is 18.1 Å². The summed E-state index contributed by atoms with van der Waals surface area (Å²) in [5.74, 6) is -1.64. The van der Waals surface area contributed by atoms with Gasteiger partial charge in [-0.1, -0.05) is 38.0 Å². The van der Waals surface area contributed by atoms with Crippen molar-refractivity contribution in [3.63, 3.8) is 0 Å². The summed E-state index contributed by atoms with van der Waals surface area (Å²) in [6.45, 7) is 2.35.